The Morgan fingerprint density at radius 2 is 2.16 bits per heavy atom. The summed E-state index contributed by atoms with van der Waals surface area (Å²) in [5.41, 5.74) is 0.607. The van der Waals surface area contributed by atoms with Crippen molar-refractivity contribution in [2.45, 2.75) is 39.2 Å². The average Bonchev–Trinajstić information content (AvgIpc) is 2.98. The van der Waals surface area contributed by atoms with E-state index in [4.69, 9.17) is 9.72 Å². The van der Waals surface area contributed by atoms with Crippen LogP contribution in [0, 0.1) is 5.92 Å². The van der Waals surface area contributed by atoms with Gasteiger partial charge in [-0.1, -0.05) is 23.5 Å². The molecule has 1 amide bonds. The van der Waals surface area contributed by atoms with Gasteiger partial charge in [0.15, 0.2) is 5.13 Å². The maximum Gasteiger partial charge on any atom is 0.410 e. The first-order chi connectivity index (χ1) is 11.8. The van der Waals surface area contributed by atoms with Crippen LogP contribution in [0.1, 0.15) is 33.6 Å². The zero-order valence-electron chi connectivity index (χ0n) is 15.5. The molecule has 1 aromatic carbocycles. The van der Waals surface area contributed by atoms with E-state index in [-0.39, 0.29) is 6.09 Å². The van der Waals surface area contributed by atoms with Crippen molar-refractivity contribution in [1.82, 2.24) is 9.88 Å². The van der Waals surface area contributed by atoms with E-state index in [9.17, 15) is 4.79 Å². The Labute approximate surface area is 153 Å². The summed E-state index contributed by atoms with van der Waals surface area (Å²) >= 11 is 1.72. The molecule has 0 unspecified atom stereocenters. The number of thiazole rings is 1. The van der Waals surface area contributed by atoms with Crippen LogP contribution in [-0.4, -0.2) is 48.3 Å². The second-order valence-corrected chi connectivity index (χ2v) is 8.79. The fourth-order valence-electron chi connectivity index (χ4n) is 3.20. The summed E-state index contributed by atoms with van der Waals surface area (Å²) in [5.74, 6) is 0.443. The number of aromatic nitrogens is 1. The van der Waals surface area contributed by atoms with Gasteiger partial charge in [-0.25, -0.2) is 9.78 Å². The van der Waals surface area contributed by atoms with Gasteiger partial charge in [0.1, 0.15) is 5.60 Å². The normalized spacial score (nSPS) is 18.4. The number of nitrogens with zero attached hydrogens (tertiary/aromatic N) is 3. The van der Waals surface area contributed by atoms with Crippen LogP contribution in [0.5, 0.6) is 0 Å². The minimum atomic E-state index is -0.443. The SMILES string of the molecule is CN(C[C@H]1CCCN(C(=O)OC(C)(C)C)C1)c1nc2ccccc2s1. The van der Waals surface area contributed by atoms with E-state index < -0.39 is 5.60 Å². The number of benzene rings is 1. The van der Waals surface area contributed by atoms with Gasteiger partial charge < -0.3 is 14.5 Å². The Kier molecular flexibility index (Phi) is 5.18. The number of piperidine rings is 1. The van der Waals surface area contributed by atoms with Crippen LogP contribution in [-0.2, 0) is 4.74 Å². The smallest absolute Gasteiger partial charge is 0.410 e. The van der Waals surface area contributed by atoms with E-state index in [0.29, 0.717) is 5.92 Å². The van der Waals surface area contributed by atoms with Crippen molar-refractivity contribution in [2.24, 2.45) is 5.92 Å². The maximum atomic E-state index is 12.3. The lowest BCUT2D eigenvalue weighted by atomic mass is 9.98. The fraction of sp³-hybridized carbons (Fsp3) is 0.579. The van der Waals surface area contributed by atoms with Gasteiger partial charge in [-0.05, 0) is 51.7 Å². The quantitative estimate of drug-likeness (QED) is 0.814. The van der Waals surface area contributed by atoms with Crippen molar-refractivity contribution in [3.05, 3.63) is 24.3 Å². The van der Waals surface area contributed by atoms with Gasteiger partial charge in [0, 0.05) is 26.7 Å². The average molecular weight is 362 g/mol. The molecule has 0 saturated carbocycles. The Hall–Kier alpha value is -1.82. The number of ether oxygens (including phenoxy) is 1. The summed E-state index contributed by atoms with van der Waals surface area (Å²) in [6.07, 6.45) is 1.96. The monoisotopic (exact) mass is 361 g/mol. The first kappa shape index (κ1) is 18.0. The molecule has 3 rings (SSSR count). The molecule has 1 saturated heterocycles. The van der Waals surface area contributed by atoms with E-state index in [0.717, 1.165) is 43.1 Å². The third kappa shape index (κ3) is 4.63. The topological polar surface area (TPSA) is 45.7 Å². The summed E-state index contributed by atoms with van der Waals surface area (Å²) in [4.78, 5) is 21.1. The van der Waals surface area contributed by atoms with E-state index in [1.165, 1.54) is 4.70 Å². The Bertz CT molecular complexity index is 705. The lowest BCUT2D eigenvalue weighted by Gasteiger charge is -2.35. The molecule has 1 aliphatic rings. The van der Waals surface area contributed by atoms with Crippen LogP contribution >= 0.6 is 11.3 Å². The number of hydrogen-bond donors (Lipinski definition) is 0. The van der Waals surface area contributed by atoms with E-state index in [2.05, 4.69) is 18.0 Å². The third-order valence-electron chi connectivity index (χ3n) is 4.31. The molecule has 136 valence electrons. The van der Waals surface area contributed by atoms with Gasteiger partial charge in [-0.3, -0.25) is 0 Å². The number of para-hydroxylation sites is 1. The zero-order valence-corrected chi connectivity index (χ0v) is 16.3. The number of anilines is 1. The van der Waals surface area contributed by atoms with Gasteiger partial charge in [-0.2, -0.15) is 0 Å². The minimum absolute atomic E-state index is 0.195. The molecule has 0 radical (unpaired) electrons. The van der Waals surface area contributed by atoms with Crippen LogP contribution in [0.4, 0.5) is 9.93 Å². The highest BCUT2D eigenvalue weighted by Gasteiger charge is 2.28. The summed E-state index contributed by atoms with van der Waals surface area (Å²) in [6, 6.07) is 8.22. The number of likely N-dealkylation sites (tertiary alicyclic amines) is 1. The predicted octanol–water partition coefficient (Wildman–Crippen LogP) is 4.38. The molecule has 0 aliphatic carbocycles. The van der Waals surface area contributed by atoms with Crippen LogP contribution in [0.2, 0.25) is 0 Å². The molecule has 6 heteroatoms. The number of amides is 1. The largest absolute Gasteiger partial charge is 0.444 e. The predicted molar refractivity (Wildman–Crippen MR) is 103 cm³/mol. The minimum Gasteiger partial charge on any atom is -0.444 e. The van der Waals surface area contributed by atoms with Crippen molar-refractivity contribution >= 4 is 32.8 Å². The lowest BCUT2D eigenvalue weighted by molar-refractivity contribution is 0.0170. The molecule has 2 aromatic rings. The van der Waals surface area contributed by atoms with Crippen molar-refractivity contribution in [2.75, 3.05) is 31.6 Å². The molecule has 1 aromatic heterocycles. The molecular formula is C19H27N3O2S. The standard InChI is InChI=1S/C19H27N3O2S/c1-19(2,3)24-18(23)22-11-7-8-14(13-22)12-21(4)17-20-15-9-5-6-10-16(15)25-17/h5-6,9-10,14H,7-8,11-13H2,1-4H3/t14-/m1/s1. The highest BCUT2D eigenvalue weighted by molar-refractivity contribution is 7.22. The second kappa shape index (κ2) is 7.20. The van der Waals surface area contributed by atoms with Gasteiger partial charge in [0.25, 0.3) is 0 Å². The Balaban J connectivity index is 1.61. The first-order valence-electron chi connectivity index (χ1n) is 8.86. The fourth-order valence-corrected chi connectivity index (χ4v) is 4.13. The third-order valence-corrected chi connectivity index (χ3v) is 5.46. The maximum absolute atomic E-state index is 12.3. The number of hydrogen-bond acceptors (Lipinski definition) is 5. The van der Waals surface area contributed by atoms with E-state index >= 15 is 0 Å². The zero-order chi connectivity index (χ0) is 18.0. The summed E-state index contributed by atoms with van der Waals surface area (Å²) in [7, 11) is 2.09. The van der Waals surface area contributed by atoms with Crippen molar-refractivity contribution < 1.29 is 9.53 Å². The molecule has 1 aliphatic heterocycles. The van der Waals surface area contributed by atoms with Gasteiger partial charge in [-0.15, -0.1) is 0 Å². The molecule has 0 bridgehead atoms. The summed E-state index contributed by atoms with van der Waals surface area (Å²) in [6.45, 7) is 8.17. The van der Waals surface area contributed by atoms with Gasteiger partial charge >= 0.3 is 6.09 Å². The first-order valence-corrected chi connectivity index (χ1v) is 9.68. The molecule has 25 heavy (non-hydrogen) atoms. The van der Waals surface area contributed by atoms with Crippen LogP contribution < -0.4 is 4.90 Å². The van der Waals surface area contributed by atoms with Gasteiger partial charge in [0.2, 0.25) is 0 Å². The molecule has 0 N–H and O–H groups in total. The van der Waals surface area contributed by atoms with E-state index in [1.807, 2.05) is 43.9 Å². The number of carbonyl (C=O) groups is 1. The highest BCUT2D eigenvalue weighted by Crippen LogP contribution is 2.29. The van der Waals surface area contributed by atoms with Gasteiger partial charge in [0.05, 0.1) is 10.2 Å². The van der Waals surface area contributed by atoms with Crippen LogP contribution in [0.25, 0.3) is 10.2 Å². The number of carbonyl (C=O) groups excluding carboxylic acids is 1. The van der Waals surface area contributed by atoms with Crippen LogP contribution in [0.3, 0.4) is 0 Å². The van der Waals surface area contributed by atoms with E-state index in [1.54, 1.807) is 11.3 Å². The van der Waals surface area contributed by atoms with Crippen molar-refractivity contribution in [1.29, 1.82) is 0 Å². The molecule has 5 nitrogen and oxygen atoms in total. The Morgan fingerprint density at radius 3 is 2.88 bits per heavy atom. The summed E-state index contributed by atoms with van der Waals surface area (Å²) in [5, 5.41) is 1.04. The van der Waals surface area contributed by atoms with Crippen molar-refractivity contribution in [3.8, 4) is 0 Å². The van der Waals surface area contributed by atoms with Crippen molar-refractivity contribution in [3.63, 3.8) is 0 Å². The molecule has 1 fully saturated rings. The second-order valence-electron chi connectivity index (χ2n) is 7.78. The number of fused-ring (bicyclic) bond motifs is 1. The molecular weight excluding hydrogens is 334 g/mol. The van der Waals surface area contributed by atoms with Crippen LogP contribution in [0.15, 0.2) is 24.3 Å². The number of rotatable bonds is 3. The Morgan fingerprint density at radius 1 is 1.40 bits per heavy atom. The molecule has 1 atom stereocenters. The summed E-state index contributed by atoms with van der Waals surface area (Å²) < 4.78 is 6.73. The highest BCUT2D eigenvalue weighted by atomic mass is 32.1. The molecule has 2 heterocycles. The molecule has 0 spiro atoms. The lowest BCUT2D eigenvalue weighted by Crippen LogP contribution is -2.45.